The summed E-state index contributed by atoms with van der Waals surface area (Å²) in [6, 6.07) is 23.9. The zero-order chi connectivity index (χ0) is 20.2. The Morgan fingerprint density at radius 2 is 1.69 bits per heavy atom. The van der Waals surface area contributed by atoms with Crippen LogP contribution in [0.3, 0.4) is 0 Å². The molecule has 3 nitrogen and oxygen atoms in total. The largest absolute Gasteiger partial charge is 0.253 e. The summed E-state index contributed by atoms with van der Waals surface area (Å²) in [7, 11) is 0. The number of thiazole rings is 1. The molecule has 0 amide bonds. The van der Waals surface area contributed by atoms with Gasteiger partial charge in [-0.05, 0) is 24.6 Å². The number of nitrogens with one attached hydrogen (secondary N) is 1. The first kappa shape index (κ1) is 19.6. The molecule has 144 valence electrons. The molecule has 0 bridgehead atoms. The van der Waals surface area contributed by atoms with Crippen molar-refractivity contribution in [2.75, 3.05) is 5.43 Å². The van der Waals surface area contributed by atoms with Crippen molar-refractivity contribution >= 4 is 45.9 Å². The van der Waals surface area contributed by atoms with E-state index in [4.69, 9.17) is 28.2 Å². The summed E-state index contributed by atoms with van der Waals surface area (Å²) in [5, 5.41) is 6.15. The SMILES string of the molecule is Cc1ccc(-c2nc(N/N=C\c3ccc(Cl)cc3Cl)sc2-c2ccccc2)cc1. The van der Waals surface area contributed by atoms with Crippen LogP contribution >= 0.6 is 34.5 Å². The maximum absolute atomic E-state index is 6.20. The van der Waals surface area contributed by atoms with Crippen molar-refractivity contribution in [3.8, 4) is 21.7 Å². The quantitative estimate of drug-likeness (QED) is 0.258. The summed E-state index contributed by atoms with van der Waals surface area (Å²) >= 11 is 13.7. The Morgan fingerprint density at radius 1 is 0.931 bits per heavy atom. The molecule has 0 fully saturated rings. The molecule has 4 rings (SSSR count). The summed E-state index contributed by atoms with van der Waals surface area (Å²) < 4.78 is 0. The third kappa shape index (κ3) is 4.67. The first-order chi connectivity index (χ1) is 14.1. The van der Waals surface area contributed by atoms with Gasteiger partial charge in [-0.1, -0.05) is 101 Å². The normalized spacial score (nSPS) is 11.1. The number of aryl methyl sites for hydroxylation is 1. The Labute approximate surface area is 183 Å². The Bertz CT molecular complexity index is 1150. The van der Waals surface area contributed by atoms with E-state index in [0.29, 0.717) is 15.2 Å². The summed E-state index contributed by atoms with van der Waals surface area (Å²) in [5.41, 5.74) is 8.16. The van der Waals surface area contributed by atoms with Crippen LogP contribution in [0.15, 0.2) is 77.9 Å². The van der Waals surface area contributed by atoms with Crippen molar-refractivity contribution in [2.24, 2.45) is 5.10 Å². The summed E-state index contributed by atoms with van der Waals surface area (Å²) in [6.45, 7) is 2.08. The first-order valence-electron chi connectivity index (χ1n) is 8.97. The molecule has 0 aliphatic rings. The van der Waals surface area contributed by atoms with Gasteiger partial charge in [0.15, 0.2) is 0 Å². The number of hydrazone groups is 1. The lowest BCUT2D eigenvalue weighted by atomic mass is 10.1. The van der Waals surface area contributed by atoms with Gasteiger partial charge in [0.25, 0.3) is 0 Å². The maximum atomic E-state index is 6.20. The molecule has 1 heterocycles. The standard InChI is InChI=1S/C23H17Cl2N3S/c1-15-7-9-16(10-8-15)21-22(17-5-3-2-4-6-17)29-23(27-21)28-26-14-18-11-12-19(24)13-20(18)25/h2-14H,1H3,(H,27,28)/b26-14-. The fourth-order valence-corrected chi connectivity index (χ4v) is 4.22. The van der Waals surface area contributed by atoms with Crippen LogP contribution in [0, 0.1) is 6.92 Å². The van der Waals surface area contributed by atoms with Crippen LogP contribution < -0.4 is 5.43 Å². The van der Waals surface area contributed by atoms with Crippen molar-refractivity contribution in [1.82, 2.24) is 4.98 Å². The highest BCUT2D eigenvalue weighted by molar-refractivity contribution is 7.19. The minimum absolute atomic E-state index is 0.549. The molecule has 0 saturated heterocycles. The average Bonchev–Trinajstić information content (AvgIpc) is 3.15. The lowest BCUT2D eigenvalue weighted by molar-refractivity contribution is 1.29. The van der Waals surface area contributed by atoms with Gasteiger partial charge in [0.2, 0.25) is 5.13 Å². The molecular weight excluding hydrogens is 421 g/mol. The van der Waals surface area contributed by atoms with Gasteiger partial charge in [-0.25, -0.2) is 4.98 Å². The van der Waals surface area contributed by atoms with E-state index in [9.17, 15) is 0 Å². The van der Waals surface area contributed by atoms with Crippen molar-refractivity contribution < 1.29 is 0 Å². The Kier molecular flexibility index (Phi) is 5.95. The highest BCUT2D eigenvalue weighted by Gasteiger charge is 2.14. The van der Waals surface area contributed by atoms with Gasteiger partial charge in [-0.15, -0.1) is 0 Å². The number of anilines is 1. The minimum Gasteiger partial charge on any atom is -0.253 e. The Morgan fingerprint density at radius 3 is 2.41 bits per heavy atom. The lowest BCUT2D eigenvalue weighted by Crippen LogP contribution is -1.91. The lowest BCUT2D eigenvalue weighted by Gasteiger charge is -2.03. The van der Waals surface area contributed by atoms with Gasteiger partial charge in [-0.2, -0.15) is 5.10 Å². The zero-order valence-corrected chi connectivity index (χ0v) is 17.9. The van der Waals surface area contributed by atoms with Gasteiger partial charge >= 0.3 is 0 Å². The van der Waals surface area contributed by atoms with E-state index in [0.717, 1.165) is 27.3 Å². The Balaban J connectivity index is 1.66. The minimum atomic E-state index is 0.549. The average molecular weight is 438 g/mol. The van der Waals surface area contributed by atoms with E-state index in [2.05, 4.69) is 53.8 Å². The molecule has 0 aliphatic carbocycles. The molecule has 1 aromatic heterocycles. The molecule has 0 spiro atoms. The molecule has 0 atom stereocenters. The van der Waals surface area contributed by atoms with Crippen molar-refractivity contribution in [1.29, 1.82) is 0 Å². The van der Waals surface area contributed by atoms with E-state index in [1.54, 1.807) is 29.7 Å². The predicted octanol–water partition coefficient (Wildman–Crippen LogP) is 7.54. The molecule has 0 saturated carbocycles. The molecule has 29 heavy (non-hydrogen) atoms. The van der Waals surface area contributed by atoms with Crippen molar-refractivity contribution in [3.05, 3.63) is 94.0 Å². The van der Waals surface area contributed by atoms with Gasteiger partial charge in [0.1, 0.15) is 0 Å². The molecule has 0 unspecified atom stereocenters. The van der Waals surface area contributed by atoms with Crippen LogP contribution in [0.2, 0.25) is 10.0 Å². The van der Waals surface area contributed by atoms with E-state index >= 15 is 0 Å². The number of hydrogen-bond donors (Lipinski definition) is 1. The molecule has 3 aromatic carbocycles. The van der Waals surface area contributed by atoms with Crippen LogP contribution in [-0.4, -0.2) is 11.2 Å². The number of hydrogen-bond acceptors (Lipinski definition) is 4. The molecule has 0 aliphatic heterocycles. The van der Waals surface area contributed by atoms with Crippen LogP contribution in [0.4, 0.5) is 5.13 Å². The number of halogens is 2. The first-order valence-corrected chi connectivity index (χ1v) is 10.5. The topological polar surface area (TPSA) is 37.3 Å². The summed E-state index contributed by atoms with van der Waals surface area (Å²) in [6.07, 6.45) is 1.66. The fraction of sp³-hybridized carbons (Fsp3) is 0.0435. The molecule has 6 heteroatoms. The number of nitrogens with zero attached hydrogens (tertiary/aromatic N) is 2. The van der Waals surface area contributed by atoms with Crippen molar-refractivity contribution in [2.45, 2.75) is 6.92 Å². The predicted molar refractivity (Wildman–Crippen MR) is 125 cm³/mol. The number of benzene rings is 3. The fourth-order valence-electron chi connectivity index (χ4n) is 2.82. The van der Waals surface area contributed by atoms with E-state index in [1.807, 2.05) is 24.3 Å². The smallest absolute Gasteiger partial charge is 0.204 e. The highest BCUT2D eigenvalue weighted by Crippen LogP contribution is 2.39. The van der Waals surface area contributed by atoms with E-state index < -0.39 is 0 Å². The van der Waals surface area contributed by atoms with Crippen LogP contribution in [0.1, 0.15) is 11.1 Å². The molecule has 0 radical (unpaired) electrons. The second-order valence-electron chi connectivity index (χ2n) is 6.46. The van der Waals surface area contributed by atoms with Crippen LogP contribution in [0.25, 0.3) is 21.7 Å². The number of aromatic nitrogens is 1. The van der Waals surface area contributed by atoms with Gasteiger partial charge in [0.05, 0.1) is 21.8 Å². The van der Waals surface area contributed by atoms with Gasteiger partial charge in [-0.3, -0.25) is 5.43 Å². The second kappa shape index (κ2) is 8.78. The van der Waals surface area contributed by atoms with Gasteiger partial charge < -0.3 is 0 Å². The molecular formula is C23H17Cl2N3S. The molecule has 1 N–H and O–H groups in total. The second-order valence-corrected chi connectivity index (χ2v) is 8.31. The van der Waals surface area contributed by atoms with Gasteiger partial charge in [0, 0.05) is 16.1 Å². The van der Waals surface area contributed by atoms with Crippen LogP contribution in [0.5, 0.6) is 0 Å². The number of rotatable bonds is 5. The molecule has 4 aromatic rings. The highest BCUT2D eigenvalue weighted by atomic mass is 35.5. The zero-order valence-electron chi connectivity index (χ0n) is 15.6. The van der Waals surface area contributed by atoms with Crippen molar-refractivity contribution in [3.63, 3.8) is 0 Å². The van der Waals surface area contributed by atoms with E-state index in [-0.39, 0.29) is 0 Å². The summed E-state index contributed by atoms with van der Waals surface area (Å²) in [4.78, 5) is 5.89. The Hall–Kier alpha value is -2.66. The third-order valence-corrected chi connectivity index (χ3v) is 5.89. The third-order valence-electron chi connectivity index (χ3n) is 4.31. The van der Waals surface area contributed by atoms with E-state index in [1.165, 1.54) is 5.56 Å². The summed E-state index contributed by atoms with van der Waals surface area (Å²) in [5.74, 6) is 0. The van der Waals surface area contributed by atoms with Crippen LogP contribution in [-0.2, 0) is 0 Å². The monoisotopic (exact) mass is 437 g/mol. The maximum Gasteiger partial charge on any atom is 0.204 e.